The summed E-state index contributed by atoms with van der Waals surface area (Å²) >= 11 is 0. The summed E-state index contributed by atoms with van der Waals surface area (Å²) in [6.07, 6.45) is -1.01. The van der Waals surface area contributed by atoms with Crippen molar-refractivity contribution >= 4 is 22.8 Å². The van der Waals surface area contributed by atoms with Crippen LogP contribution in [0.3, 0.4) is 0 Å². The number of para-hydroxylation sites is 1. The van der Waals surface area contributed by atoms with Gasteiger partial charge in [0.2, 0.25) is 5.91 Å². The Bertz CT molecular complexity index is 1030. The van der Waals surface area contributed by atoms with Crippen molar-refractivity contribution in [2.45, 2.75) is 50.6 Å². The van der Waals surface area contributed by atoms with Crippen LogP contribution in [0.25, 0.3) is 10.9 Å². The molecule has 1 amide bonds. The maximum atomic E-state index is 13.0. The predicted molar refractivity (Wildman–Crippen MR) is 113 cm³/mol. The number of aromatic nitrogens is 1. The third kappa shape index (κ3) is 5.44. The van der Waals surface area contributed by atoms with Crippen LogP contribution in [0.4, 0.5) is 13.2 Å². The van der Waals surface area contributed by atoms with Gasteiger partial charge in [0.1, 0.15) is 0 Å². The second-order valence-corrected chi connectivity index (χ2v) is 8.81. The summed E-state index contributed by atoms with van der Waals surface area (Å²) in [6.45, 7) is 3.21. The molecular weight excluding hydrogens is 439 g/mol. The number of ether oxygens (including phenoxy) is 1. The highest BCUT2D eigenvalue weighted by Gasteiger charge is 2.53. The normalized spacial score (nSPS) is 25.1. The Labute approximate surface area is 188 Å². The lowest BCUT2D eigenvalue weighted by molar-refractivity contribution is -0.192. The Morgan fingerprint density at radius 2 is 1.91 bits per heavy atom. The highest BCUT2D eigenvalue weighted by molar-refractivity contribution is 5.84. The third-order valence-corrected chi connectivity index (χ3v) is 6.35. The molecule has 2 saturated heterocycles. The van der Waals surface area contributed by atoms with E-state index in [2.05, 4.69) is 34.5 Å². The molecule has 2 N–H and O–H groups in total. The zero-order valence-corrected chi connectivity index (χ0v) is 18.0. The maximum Gasteiger partial charge on any atom is 0.490 e. The van der Waals surface area contributed by atoms with Crippen LogP contribution >= 0.6 is 0 Å². The number of aliphatic carboxylic acids is 1. The number of hydrogen-bond donors (Lipinski definition) is 2. The van der Waals surface area contributed by atoms with Crippen LogP contribution < -0.4 is 5.32 Å². The molecule has 0 radical (unpaired) electrons. The average Bonchev–Trinajstić information content (AvgIpc) is 3.48. The quantitative estimate of drug-likeness (QED) is 0.721. The van der Waals surface area contributed by atoms with E-state index >= 15 is 0 Å². The molecule has 2 aliphatic heterocycles. The van der Waals surface area contributed by atoms with Crippen LogP contribution in [0, 0.1) is 5.41 Å². The number of nitrogens with one attached hydrogen (secondary N) is 1. The Kier molecular flexibility index (Phi) is 6.58. The van der Waals surface area contributed by atoms with E-state index in [9.17, 15) is 18.0 Å². The highest BCUT2D eigenvalue weighted by atomic mass is 19.4. The fraction of sp³-hybridized carbons (Fsp3) is 0.522. The summed E-state index contributed by atoms with van der Waals surface area (Å²) in [5.74, 6) is -2.55. The van der Waals surface area contributed by atoms with Crippen LogP contribution in [0.2, 0.25) is 0 Å². The van der Waals surface area contributed by atoms with Crippen molar-refractivity contribution < 1.29 is 32.6 Å². The Balaban J connectivity index is 0.000000325. The minimum atomic E-state index is -5.08. The van der Waals surface area contributed by atoms with Crippen molar-refractivity contribution in [3.05, 3.63) is 42.1 Å². The maximum absolute atomic E-state index is 13.0. The highest BCUT2D eigenvalue weighted by Crippen LogP contribution is 2.42. The molecule has 3 fully saturated rings. The summed E-state index contributed by atoms with van der Waals surface area (Å²) in [5.41, 5.74) is 1.72. The number of alkyl halides is 3. The summed E-state index contributed by atoms with van der Waals surface area (Å²) in [5, 5.41) is 11.5. The first-order valence-corrected chi connectivity index (χ1v) is 11.0. The van der Waals surface area contributed by atoms with Crippen molar-refractivity contribution in [2.24, 2.45) is 5.41 Å². The van der Waals surface area contributed by atoms with E-state index in [0.717, 1.165) is 56.5 Å². The molecule has 0 unspecified atom stereocenters. The molecular formula is C23H26F3N3O4. The van der Waals surface area contributed by atoms with Gasteiger partial charge in [0.15, 0.2) is 0 Å². The van der Waals surface area contributed by atoms with Crippen molar-refractivity contribution in [3.63, 3.8) is 0 Å². The Morgan fingerprint density at radius 1 is 1.18 bits per heavy atom. The van der Waals surface area contributed by atoms with Gasteiger partial charge in [-0.05, 0) is 37.8 Å². The van der Waals surface area contributed by atoms with Gasteiger partial charge >= 0.3 is 12.1 Å². The standard InChI is InChI=1S/C21H25N3O2.C2HF3O2/c25-20(23-16-7-8-16)21-10-12-26-19(21)9-11-24(14-21)13-17-6-5-15-3-1-2-4-18(15)22-17;3-2(4,5)1(6)7/h1-6,16,19H,7-14H2,(H,23,25);(H,6,7)/t19-,21-;/m1./s1. The zero-order valence-electron chi connectivity index (χ0n) is 18.0. The second kappa shape index (κ2) is 9.26. The number of carboxylic acid groups (broad SMARTS) is 1. The number of carbonyl (C=O) groups is 2. The number of carboxylic acids is 1. The van der Waals surface area contributed by atoms with Gasteiger partial charge in [-0.15, -0.1) is 0 Å². The Hall–Kier alpha value is -2.72. The number of benzene rings is 1. The first-order valence-electron chi connectivity index (χ1n) is 11.0. The van der Waals surface area contributed by atoms with Gasteiger partial charge in [0.25, 0.3) is 0 Å². The molecule has 7 nitrogen and oxygen atoms in total. The molecule has 0 spiro atoms. The van der Waals surface area contributed by atoms with Crippen LogP contribution in [-0.2, 0) is 20.9 Å². The molecule has 1 aromatic heterocycles. The van der Waals surface area contributed by atoms with Crippen LogP contribution in [0.5, 0.6) is 0 Å². The number of amides is 1. The molecule has 3 heterocycles. The summed E-state index contributed by atoms with van der Waals surface area (Å²) in [6, 6.07) is 12.9. The molecule has 1 aromatic carbocycles. The minimum Gasteiger partial charge on any atom is -0.475 e. The molecule has 178 valence electrons. The van der Waals surface area contributed by atoms with Crippen LogP contribution in [0.1, 0.15) is 31.4 Å². The topological polar surface area (TPSA) is 91.8 Å². The third-order valence-electron chi connectivity index (χ3n) is 6.35. The fourth-order valence-corrected chi connectivity index (χ4v) is 4.47. The van der Waals surface area contributed by atoms with Crippen molar-refractivity contribution in [1.82, 2.24) is 15.2 Å². The summed E-state index contributed by atoms with van der Waals surface area (Å²) in [7, 11) is 0. The lowest BCUT2D eigenvalue weighted by Crippen LogP contribution is -2.57. The largest absolute Gasteiger partial charge is 0.490 e. The molecule has 33 heavy (non-hydrogen) atoms. The van der Waals surface area contributed by atoms with Gasteiger partial charge in [-0.3, -0.25) is 14.7 Å². The van der Waals surface area contributed by atoms with E-state index in [1.54, 1.807) is 0 Å². The first-order chi connectivity index (χ1) is 15.7. The van der Waals surface area contributed by atoms with Gasteiger partial charge in [-0.2, -0.15) is 13.2 Å². The average molecular weight is 465 g/mol. The van der Waals surface area contributed by atoms with E-state index in [1.165, 1.54) is 5.39 Å². The number of halogens is 3. The number of piperidine rings is 1. The predicted octanol–water partition coefficient (Wildman–Crippen LogP) is 3.13. The van der Waals surface area contributed by atoms with Gasteiger partial charge < -0.3 is 15.2 Å². The van der Waals surface area contributed by atoms with Crippen molar-refractivity contribution in [2.75, 3.05) is 19.7 Å². The monoisotopic (exact) mass is 465 g/mol. The summed E-state index contributed by atoms with van der Waals surface area (Å²) in [4.78, 5) is 29.1. The molecule has 2 aromatic rings. The van der Waals surface area contributed by atoms with Crippen LogP contribution in [0.15, 0.2) is 36.4 Å². The molecule has 5 rings (SSSR count). The van der Waals surface area contributed by atoms with E-state index in [1.807, 2.05) is 12.1 Å². The van der Waals surface area contributed by atoms with E-state index in [4.69, 9.17) is 19.6 Å². The molecule has 1 aliphatic carbocycles. The lowest BCUT2D eigenvalue weighted by Gasteiger charge is -2.42. The number of hydrogen-bond acceptors (Lipinski definition) is 5. The number of carbonyl (C=O) groups excluding carboxylic acids is 1. The first kappa shape index (κ1) is 23.4. The zero-order chi connectivity index (χ0) is 23.6. The number of nitrogens with zero attached hydrogens (tertiary/aromatic N) is 2. The Morgan fingerprint density at radius 3 is 2.61 bits per heavy atom. The molecule has 2 atom stereocenters. The van der Waals surface area contributed by atoms with E-state index in [-0.39, 0.29) is 17.4 Å². The van der Waals surface area contributed by atoms with Crippen molar-refractivity contribution in [1.29, 1.82) is 0 Å². The minimum absolute atomic E-state index is 0.0714. The SMILES string of the molecule is O=C(NC1CC1)[C@@]12CCO[C@@H]1CCN(Cc1ccc3ccccc3n1)C2.O=C(O)C(F)(F)F. The van der Waals surface area contributed by atoms with Gasteiger partial charge in [0.05, 0.1) is 22.7 Å². The van der Waals surface area contributed by atoms with Gasteiger partial charge in [-0.1, -0.05) is 24.3 Å². The molecule has 10 heteroatoms. The number of rotatable bonds is 4. The van der Waals surface area contributed by atoms with Crippen LogP contribution in [-0.4, -0.2) is 64.9 Å². The number of fused-ring (bicyclic) bond motifs is 2. The number of likely N-dealkylation sites (tertiary alicyclic amines) is 1. The van der Waals surface area contributed by atoms with Crippen molar-refractivity contribution in [3.8, 4) is 0 Å². The van der Waals surface area contributed by atoms with E-state index in [0.29, 0.717) is 12.6 Å². The molecule has 3 aliphatic rings. The molecule has 0 bridgehead atoms. The second-order valence-electron chi connectivity index (χ2n) is 8.81. The summed E-state index contributed by atoms with van der Waals surface area (Å²) < 4.78 is 37.7. The molecule has 1 saturated carbocycles. The number of pyridine rings is 1. The fourth-order valence-electron chi connectivity index (χ4n) is 4.47. The van der Waals surface area contributed by atoms with Gasteiger partial charge in [0, 0.05) is 37.7 Å². The lowest BCUT2D eigenvalue weighted by atomic mass is 9.75. The van der Waals surface area contributed by atoms with E-state index < -0.39 is 12.1 Å². The van der Waals surface area contributed by atoms with Gasteiger partial charge in [-0.25, -0.2) is 4.79 Å². The smallest absolute Gasteiger partial charge is 0.475 e.